The van der Waals surface area contributed by atoms with E-state index in [1.807, 2.05) is 6.20 Å². The molecular weight excluding hydrogens is 441 g/mol. The second kappa shape index (κ2) is 10.3. The van der Waals surface area contributed by atoms with Crippen molar-refractivity contribution in [1.29, 1.82) is 0 Å². The highest BCUT2D eigenvalue weighted by atomic mass is 127. The SMILES string of the molecule is CCNC(=NCc1ccc(N2CCC(C)CC2)nc1)N1CC[C@@H](O)C1.I. The van der Waals surface area contributed by atoms with E-state index in [1.54, 1.807) is 0 Å². The molecule has 0 saturated carbocycles. The zero-order chi connectivity index (χ0) is 17.6. The van der Waals surface area contributed by atoms with Crippen LogP contribution in [0.1, 0.15) is 38.7 Å². The van der Waals surface area contributed by atoms with E-state index in [2.05, 4.69) is 46.1 Å². The van der Waals surface area contributed by atoms with Crippen molar-refractivity contribution >= 4 is 35.8 Å². The number of nitrogens with zero attached hydrogens (tertiary/aromatic N) is 4. The largest absolute Gasteiger partial charge is 0.391 e. The van der Waals surface area contributed by atoms with E-state index in [0.717, 1.165) is 55.9 Å². The number of aliphatic hydroxyl groups is 1. The predicted molar refractivity (Wildman–Crippen MR) is 117 cm³/mol. The number of likely N-dealkylation sites (tertiary alicyclic amines) is 1. The molecule has 3 rings (SSSR count). The lowest BCUT2D eigenvalue weighted by Gasteiger charge is -2.31. The van der Waals surface area contributed by atoms with Crippen LogP contribution in [0.15, 0.2) is 23.3 Å². The lowest BCUT2D eigenvalue weighted by Crippen LogP contribution is -2.40. The number of anilines is 1. The molecule has 2 aliphatic heterocycles. The number of hydrogen-bond acceptors (Lipinski definition) is 4. The number of aromatic nitrogens is 1. The minimum Gasteiger partial charge on any atom is -0.391 e. The van der Waals surface area contributed by atoms with E-state index in [9.17, 15) is 5.11 Å². The molecule has 2 saturated heterocycles. The molecule has 0 unspecified atom stereocenters. The van der Waals surface area contributed by atoms with Gasteiger partial charge in [0, 0.05) is 38.9 Å². The number of aliphatic hydroxyl groups excluding tert-OH is 1. The number of β-amino-alcohol motifs (C(OH)–C–C–N with tert-alkyl or cyclic N) is 1. The lowest BCUT2D eigenvalue weighted by atomic mass is 9.99. The number of hydrogen-bond donors (Lipinski definition) is 2. The highest BCUT2D eigenvalue weighted by molar-refractivity contribution is 14.0. The van der Waals surface area contributed by atoms with Gasteiger partial charge in [-0.15, -0.1) is 24.0 Å². The Morgan fingerprint density at radius 2 is 2.04 bits per heavy atom. The molecule has 1 aromatic rings. The Balaban J connectivity index is 0.00000243. The van der Waals surface area contributed by atoms with Gasteiger partial charge < -0.3 is 20.2 Å². The van der Waals surface area contributed by atoms with E-state index in [0.29, 0.717) is 13.1 Å². The quantitative estimate of drug-likeness (QED) is 0.400. The van der Waals surface area contributed by atoms with E-state index in [-0.39, 0.29) is 30.1 Å². The molecule has 7 heteroatoms. The summed E-state index contributed by atoms with van der Waals surface area (Å²) in [5, 5.41) is 13.1. The Hall–Kier alpha value is -1.09. The minimum absolute atomic E-state index is 0. The summed E-state index contributed by atoms with van der Waals surface area (Å²) in [4.78, 5) is 13.9. The van der Waals surface area contributed by atoms with Crippen LogP contribution in [-0.4, -0.2) is 59.8 Å². The fraction of sp³-hybridized carbons (Fsp3) is 0.684. The highest BCUT2D eigenvalue weighted by Crippen LogP contribution is 2.21. The lowest BCUT2D eigenvalue weighted by molar-refractivity contribution is 0.188. The molecule has 0 radical (unpaired) electrons. The summed E-state index contributed by atoms with van der Waals surface area (Å²) in [7, 11) is 0. The van der Waals surface area contributed by atoms with Gasteiger partial charge in [-0.3, -0.25) is 0 Å². The molecule has 0 spiro atoms. The van der Waals surface area contributed by atoms with Crippen LogP contribution in [-0.2, 0) is 6.54 Å². The van der Waals surface area contributed by atoms with Crippen molar-refractivity contribution < 1.29 is 5.11 Å². The second-order valence-electron chi connectivity index (χ2n) is 7.25. The summed E-state index contributed by atoms with van der Waals surface area (Å²) >= 11 is 0. The Morgan fingerprint density at radius 1 is 1.27 bits per heavy atom. The van der Waals surface area contributed by atoms with Crippen molar-refractivity contribution in [1.82, 2.24) is 15.2 Å². The number of pyridine rings is 1. The molecule has 26 heavy (non-hydrogen) atoms. The topological polar surface area (TPSA) is 64.0 Å². The van der Waals surface area contributed by atoms with E-state index in [1.165, 1.54) is 12.8 Å². The molecule has 0 amide bonds. The monoisotopic (exact) mass is 473 g/mol. The molecule has 1 aromatic heterocycles. The van der Waals surface area contributed by atoms with Gasteiger partial charge in [0.25, 0.3) is 0 Å². The van der Waals surface area contributed by atoms with Crippen LogP contribution < -0.4 is 10.2 Å². The van der Waals surface area contributed by atoms with Gasteiger partial charge in [0.05, 0.1) is 12.6 Å². The third-order valence-corrected chi connectivity index (χ3v) is 5.13. The van der Waals surface area contributed by atoms with Gasteiger partial charge in [-0.25, -0.2) is 9.98 Å². The summed E-state index contributed by atoms with van der Waals surface area (Å²) in [6.45, 7) is 9.56. The van der Waals surface area contributed by atoms with Gasteiger partial charge in [-0.1, -0.05) is 13.0 Å². The van der Waals surface area contributed by atoms with Crippen molar-refractivity contribution in [3.8, 4) is 0 Å². The predicted octanol–water partition coefficient (Wildman–Crippen LogP) is 2.47. The summed E-state index contributed by atoms with van der Waals surface area (Å²) in [6.07, 6.45) is 5.02. The molecule has 3 heterocycles. The summed E-state index contributed by atoms with van der Waals surface area (Å²) in [6, 6.07) is 4.25. The van der Waals surface area contributed by atoms with Gasteiger partial charge in [-0.2, -0.15) is 0 Å². The molecule has 0 bridgehead atoms. The van der Waals surface area contributed by atoms with Gasteiger partial charge >= 0.3 is 0 Å². The van der Waals surface area contributed by atoms with Gasteiger partial charge in [0.2, 0.25) is 0 Å². The van der Waals surface area contributed by atoms with Gasteiger partial charge in [0.15, 0.2) is 5.96 Å². The van der Waals surface area contributed by atoms with Crippen LogP contribution in [0, 0.1) is 5.92 Å². The molecule has 0 aromatic carbocycles. The van der Waals surface area contributed by atoms with Crippen LogP contribution in [0.3, 0.4) is 0 Å². The van der Waals surface area contributed by atoms with Crippen LogP contribution in [0.2, 0.25) is 0 Å². The first-order chi connectivity index (χ1) is 12.2. The van der Waals surface area contributed by atoms with Crippen LogP contribution in [0.5, 0.6) is 0 Å². The first-order valence-corrected chi connectivity index (χ1v) is 9.57. The summed E-state index contributed by atoms with van der Waals surface area (Å²) in [5.41, 5.74) is 1.12. The van der Waals surface area contributed by atoms with E-state index in [4.69, 9.17) is 4.99 Å². The first-order valence-electron chi connectivity index (χ1n) is 9.57. The number of nitrogens with one attached hydrogen (secondary N) is 1. The van der Waals surface area contributed by atoms with Crippen molar-refractivity contribution in [3.05, 3.63) is 23.9 Å². The molecule has 1 atom stereocenters. The Morgan fingerprint density at radius 3 is 2.62 bits per heavy atom. The van der Waals surface area contributed by atoms with Gasteiger partial charge in [0.1, 0.15) is 5.82 Å². The molecular formula is C19H32IN5O. The first kappa shape index (κ1) is 21.2. The van der Waals surface area contributed by atoms with Crippen LogP contribution in [0.25, 0.3) is 0 Å². The minimum atomic E-state index is -0.239. The maximum absolute atomic E-state index is 9.73. The van der Waals surface area contributed by atoms with E-state index >= 15 is 0 Å². The Kier molecular flexibility index (Phi) is 8.40. The third-order valence-electron chi connectivity index (χ3n) is 5.13. The molecule has 146 valence electrons. The van der Waals surface area contributed by atoms with Gasteiger partial charge in [-0.05, 0) is 43.7 Å². The Labute approximate surface area is 174 Å². The second-order valence-corrected chi connectivity index (χ2v) is 7.25. The van der Waals surface area contributed by atoms with Crippen LogP contribution >= 0.6 is 24.0 Å². The van der Waals surface area contributed by atoms with Crippen molar-refractivity contribution in [2.45, 2.75) is 45.8 Å². The fourth-order valence-electron chi connectivity index (χ4n) is 3.46. The molecule has 2 aliphatic rings. The Bertz CT molecular complexity index is 572. The average Bonchev–Trinajstić information content (AvgIpc) is 3.06. The highest BCUT2D eigenvalue weighted by Gasteiger charge is 2.22. The number of guanidine groups is 1. The van der Waals surface area contributed by atoms with Crippen molar-refractivity contribution in [3.63, 3.8) is 0 Å². The number of halogens is 1. The number of piperidine rings is 1. The third kappa shape index (κ3) is 5.70. The molecule has 2 fully saturated rings. The molecule has 6 nitrogen and oxygen atoms in total. The molecule has 2 N–H and O–H groups in total. The summed E-state index contributed by atoms with van der Waals surface area (Å²) in [5.74, 6) is 2.79. The fourth-order valence-corrected chi connectivity index (χ4v) is 3.46. The van der Waals surface area contributed by atoms with E-state index < -0.39 is 0 Å². The average molecular weight is 473 g/mol. The number of aliphatic imine (C=N–C) groups is 1. The maximum atomic E-state index is 9.73. The number of rotatable bonds is 4. The standard InChI is InChI=1S/C19H31N5O.HI/c1-3-20-19(24-11-8-17(25)14-24)22-13-16-4-5-18(21-12-16)23-9-6-15(2)7-10-23;/h4-5,12,15,17,25H,3,6-11,13-14H2,1-2H3,(H,20,22);1H/t17-;/m1./s1. The summed E-state index contributed by atoms with van der Waals surface area (Å²) < 4.78 is 0. The smallest absolute Gasteiger partial charge is 0.194 e. The van der Waals surface area contributed by atoms with Crippen molar-refractivity contribution in [2.75, 3.05) is 37.6 Å². The van der Waals surface area contributed by atoms with Crippen molar-refractivity contribution in [2.24, 2.45) is 10.9 Å². The maximum Gasteiger partial charge on any atom is 0.194 e. The van der Waals surface area contributed by atoms with Crippen LogP contribution in [0.4, 0.5) is 5.82 Å². The molecule has 0 aliphatic carbocycles. The zero-order valence-corrected chi connectivity index (χ0v) is 18.2. The zero-order valence-electron chi connectivity index (χ0n) is 15.9. The normalized spacial score (nSPS) is 21.7.